The Bertz CT molecular complexity index is 834. The van der Waals surface area contributed by atoms with Crippen LogP contribution < -0.4 is 0 Å². The molecule has 0 aliphatic carbocycles. The average Bonchev–Trinajstić information content (AvgIpc) is 2.88. The SMILES string of the molecule is CCC(=O)C[C@H]1[C@H](OC(=O)CC)O[C@H](OOC(=O)/C=C/C(=O)OC)[C@@H](OC(=O)CC)[C@@H]1OC(=O)CC. The van der Waals surface area contributed by atoms with E-state index in [-0.39, 0.29) is 37.9 Å². The van der Waals surface area contributed by atoms with Crippen molar-refractivity contribution in [3.63, 3.8) is 0 Å². The fourth-order valence-corrected chi connectivity index (χ4v) is 2.96. The summed E-state index contributed by atoms with van der Waals surface area (Å²) < 4.78 is 26.2. The number of hydrogen-bond acceptors (Lipinski definition) is 13. The molecule has 0 unspecified atom stereocenters. The minimum absolute atomic E-state index is 0.0409. The quantitative estimate of drug-likeness (QED) is 0.113. The molecule has 202 valence electrons. The van der Waals surface area contributed by atoms with Crippen LogP contribution in [0.25, 0.3) is 0 Å². The first-order valence-electron chi connectivity index (χ1n) is 11.5. The lowest BCUT2D eigenvalue weighted by atomic mass is 9.88. The third-order valence-electron chi connectivity index (χ3n) is 4.92. The molecule has 0 aromatic heterocycles. The van der Waals surface area contributed by atoms with Crippen LogP contribution in [0, 0.1) is 5.92 Å². The van der Waals surface area contributed by atoms with Gasteiger partial charge < -0.3 is 23.7 Å². The summed E-state index contributed by atoms with van der Waals surface area (Å²) in [6.07, 6.45) is -4.89. The van der Waals surface area contributed by atoms with Gasteiger partial charge in [-0.15, -0.1) is 4.89 Å². The summed E-state index contributed by atoms with van der Waals surface area (Å²) in [5, 5.41) is 0. The molecule has 0 saturated carbocycles. The van der Waals surface area contributed by atoms with E-state index in [0.717, 1.165) is 13.2 Å². The molecule has 13 nitrogen and oxygen atoms in total. The molecule has 5 atom stereocenters. The van der Waals surface area contributed by atoms with Crippen molar-refractivity contribution in [1.29, 1.82) is 0 Å². The monoisotopic (exact) mass is 516 g/mol. The molecule has 0 amide bonds. The number of methoxy groups -OCH3 is 1. The molecule has 0 aromatic rings. The van der Waals surface area contributed by atoms with Crippen LogP contribution in [0.1, 0.15) is 59.8 Å². The van der Waals surface area contributed by atoms with Crippen molar-refractivity contribution in [3.05, 3.63) is 12.2 Å². The summed E-state index contributed by atoms with van der Waals surface area (Å²) in [6.45, 7) is 6.19. The molecule has 1 fully saturated rings. The van der Waals surface area contributed by atoms with Crippen LogP contribution in [-0.4, -0.2) is 67.5 Å². The van der Waals surface area contributed by atoms with Crippen molar-refractivity contribution in [3.8, 4) is 0 Å². The number of carbonyl (C=O) groups is 6. The van der Waals surface area contributed by atoms with E-state index in [1.807, 2.05) is 0 Å². The van der Waals surface area contributed by atoms with E-state index in [0.29, 0.717) is 6.08 Å². The molecule has 1 saturated heterocycles. The summed E-state index contributed by atoms with van der Waals surface area (Å²) in [5.74, 6) is -5.46. The molecular formula is C23H32O13. The van der Waals surface area contributed by atoms with Gasteiger partial charge in [-0.05, 0) is 0 Å². The Hall–Kier alpha value is -3.32. The first-order chi connectivity index (χ1) is 17.1. The Labute approximate surface area is 208 Å². The summed E-state index contributed by atoms with van der Waals surface area (Å²) in [6, 6.07) is 0. The maximum Gasteiger partial charge on any atom is 0.366 e. The molecule has 1 rings (SSSR count). The van der Waals surface area contributed by atoms with E-state index in [1.54, 1.807) is 6.92 Å². The van der Waals surface area contributed by atoms with E-state index in [1.165, 1.54) is 20.8 Å². The fourth-order valence-electron chi connectivity index (χ4n) is 2.96. The first-order valence-corrected chi connectivity index (χ1v) is 11.5. The minimum Gasteiger partial charge on any atom is -0.466 e. The van der Waals surface area contributed by atoms with Crippen LogP contribution in [-0.2, 0) is 62.2 Å². The maximum absolute atomic E-state index is 12.3. The lowest BCUT2D eigenvalue weighted by Gasteiger charge is -2.43. The molecule has 36 heavy (non-hydrogen) atoms. The van der Waals surface area contributed by atoms with Gasteiger partial charge in [0.2, 0.25) is 12.6 Å². The van der Waals surface area contributed by atoms with Crippen LogP contribution in [0.2, 0.25) is 0 Å². The zero-order chi connectivity index (χ0) is 27.3. The molecule has 0 aromatic carbocycles. The summed E-state index contributed by atoms with van der Waals surface area (Å²) in [7, 11) is 1.10. The van der Waals surface area contributed by atoms with Gasteiger partial charge in [-0.1, -0.05) is 27.7 Å². The van der Waals surface area contributed by atoms with Gasteiger partial charge in [0, 0.05) is 44.3 Å². The number of rotatable bonds is 13. The molecule has 13 heteroatoms. The topological polar surface area (TPSA) is 167 Å². The number of hydrogen-bond donors (Lipinski definition) is 0. The molecule has 0 spiro atoms. The zero-order valence-corrected chi connectivity index (χ0v) is 20.9. The second kappa shape index (κ2) is 15.6. The van der Waals surface area contributed by atoms with Crippen molar-refractivity contribution >= 4 is 35.6 Å². The Morgan fingerprint density at radius 3 is 1.75 bits per heavy atom. The average molecular weight is 516 g/mol. The van der Waals surface area contributed by atoms with Crippen molar-refractivity contribution in [1.82, 2.24) is 0 Å². The van der Waals surface area contributed by atoms with E-state index >= 15 is 0 Å². The van der Waals surface area contributed by atoms with Crippen LogP contribution in [0.3, 0.4) is 0 Å². The lowest BCUT2D eigenvalue weighted by Crippen LogP contribution is -2.59. The third kappa shape index (κ3) is 9.74. The number of esters is 4. The predicted octanol–water partition coefficient (Wildman–Crippen LogP) is 1.45. The second-order valence-corrected chi connectivity index (χ2v) is 7.45. The first kappa shape index (κ1) is 30.7. The van der Waals surface area contributed by atoms with Gasteiger partial charge >= 0.3 is 29.8 Å². The molecule has 0 bridgehead atoms. The van der Waals surface area contributed by atoms with Gasteiger partial charge in [0.05, 0.1) is 13.0 Å². The van der Waals surface area contributed by atoms with Gasteiger partial charge in [0.1, 0.15) is 5.78 Å². The van der Waals surface area contributed by atoms with Gasteiger partial charge in [-0.25, -0.2) is 9.59 Å². The maximum atomic E-state index is 12.3. The minimum atomic E-state index is -1.73. The highest BCUT2D eigenvalue weighted by Crippen LogP contribution is 2.35. The van der Waals surface area contributed by atoms with Crippen LogP contribution in [0.5, 0.6) is 0 Å². The smallest absolute Gasteiger partial charge is 0.366 e. The molecule has 1 aliphatic heterocycles. The molecule has 0 radical (unpaired) electrons. The molecule has 1 aliphatic rings. The van der Waals surface area contributed by atoms with Gasteiger partial charge in [0.25, 0.3) is 0 Å². The Morgan fingerprint density at radius 2 is 1.22 bits per heavy atom. The van der Waals surface area contributed by atoms with Crippen molar-refractivity contribution in [2.45, 2.75) is 84.6 Å². The summed E-state index contributed by atoms with van der Waals surface area (Å²) in [4.78, 5) is 81.5. The fraction of sp³-hybridized carbons (Fsp3) is 0.652. The molecule has 0 N–H and O–H groups in total. The normalized spacial score (nSPS) is 23.4. The Balaban J connectivity index is 3.37. The number of carbonyl (C=O) groups excluding carboxylic acids is 6. The largest absolute Gasteiger partial charge is 0.466 e. The van der Waals surface area contributed by atoms with E-state index in [2.05, 4.69) is 9.62 Å². The second-order valence-electron chi connectivity index (χ2n) is 7.45. The van der Waals surface area contributed by atoms with Crippen LogP contribution in [0.4, 0.5) is 0 Å². The van der Waals surface area contributed by atoms with Crippen LogP contribution >= 0.6 is 0 Å². The Kier molecular flexibility index (Phi) is 13.3. The summed E-state index contributed by atoms with van der Waals surface area (Å²) >= 11 is 0. The number of ketones is 1. The standard InChI is InChI=1S/C23H32O13/c1-6-13(24)12-14-20(31-15(25)7-2)21(32-16(26)8-3)23(34-22(14)33-17(27)9-4)36-35-19(29)11-10-18(28)30-5/h10-11,14,20-23H,6-9,12H2,1-5H3/b11-10+/t14-,20-,21+,22-,23-/m1/s1. The molecule has 1 heterocycles. The van der Waals surface area contributed by atoms with Crippen molar-refractivity contribution < 1.29 is 62.2 Å². The van der Waals surface area contributed by atoms with Gasteiger partial charge in [0.15, 0.2) is 12.2 Å². The highest BCUT2D eigenvalue weighted by atomic mass is 17.2. The van der Waals surface area contributed by atoms with E-state index in [4.69, 9.17) is 23.8 Å². The van der Waals surface area contributed by atoms with Gasteiger partial charge in [-0.2, -0.15) is 0 Å². The highest BCUT2D eigenvalue weighted by molar-refractivity contribution is 5.91. The zero-order valence-electron chi connectivity index (χ0n) is 20.9. The summed E-state index contributed by atoms with van der Waals surface area (Å²) in [5.41, 5.74) is 0. The van der Waals surface area contributed by atoms with Gasteiger partial charge in [-0.3, -0.25) is 24.1 Å². The number of Topliss-reactive ketones (excluding diaryl/α,β-unsaturated/α-hetero) is 1. The predicted molar refractivity (Wildman–Crippen MR) is 117 cm³/mol. The van der Waals surface area contributed by atoms with Crippen LogP contribution in [0.15, 0.2) is 12.2 Å². The third-order valence-corrected chi connectivity index (χ3v) is 4.92. The lowest BCUT2D eigenvalue weighted by molar-refractivity contribution is -0.418. The highest BCUT2D eigenvalue weighted by Gasteiger charge is 2.53. The van der Waals surface area contributed by atoms with Crippen molar-refractivity contribution in [2.75, 3.05) is 7.11 Å². The molecular weight excluding hydrogens is 484 g/mol. The van der Waals surface area contributed by atoms with Crippen molar-refractivity contribution in [2.24, 2.45) is 5.92 Å². The number of ether oxygens (including phenoxy) is 5. The van der Waals surface area contributed by atoms with E-state index < -0.39 is 60.6 Å². The Morgan fingerprint density at radius 1 is 0.694 bits per heavy atom. The van der Waals surface area contributed by atoms with E-state index in [9.17, 15) is 28.8 Å².